The van der Waals surface area contributed by atoms with Crippen LogP contribution in [-0.4, -0.2) is 28.8 Å². The number of carboxylic acids is 1. The summed E-state index contributed by atoms with van der Waals surface area (Å²) >= 11 is 4.31. The van der Waals surface area contributed by atoms with Crippen LogP contribution in [0.4, 0.5) is 0 Å². The van der Waals surface area contributed by atoms with E-state index in [1.54, 1.807) is 0 Å². The van der Waals surface area contributed by atoms with E-state index in [1.165, 1.54) is 0 Å². The van der Waals surface area contributed by atoms with Crippen LogP contribution < -0.4 is 5.32 Å². The maximum atomic E-state index is 12.8. The van der Waals surface area contributed by atoms with Gasteiger partial charge >= 0.3 is 5.97 Å². The summed E-state index contributed by atoms with van der Waals surface area (Å²) in [5, 5.41) is 12.5. The van der Waals surface area contributed by atoms with Crippen LogP contribution in [0, 0.1) is 5.92 Å². The van der Waals surface area contributed by atoms with Crippen LogP contribution >= 0.6 is 12.6 Å². The van der Waals surface area contributed by atoms with Crippen molar-refractivity contribution >= 4 is 24.5 Å². The zero-order valence-electron chi connectivity index (χ0n) is 16.6. The Labute approximate surface area is 182 Å². The normalized spacial score (nSPS) is 12.7. The van der Waals surface area contributed by atoms with Gasteiger partial charge in [0.25, 0.3) is 0 Å². The molecular formula is C25H25NO3S. The smallest absolute Gasteiger partial charge is 0.326 e. The minimum atomic E-state index is -1.05. The predicted molar refractivity (Wildman–Crippen MR) is 123 cm³/mol. The average molecular weight is 420 g/mol. The summed E-state index contributed by atoms with van der Waals surface area (Å²) in [4.78, 5) is 24.7. The molecule has 0 saturated carbocycles. The van der Waals surface area contributed by atoms with E-state index in [2.05, 4.69) is 17.9 Å². The summed E-state index contributed by atoms with van der Waals surface area (Å²) in [5.74, 6) is -1.41. The zero-order chi connectivity index (χ0) is 21.3. The molecule has 30 heavy (non-hydrogen) atoms. The monoisotopic (exact) mass is 419 g/mol. The van der Waals surface area contributed by atoms with E-state index in [-0.39, 0.29) is 12.3 Å². The maximum Gasteiger partial charge on any atom is 0.326 e. The highest BCUT2D eigenvalue weighted by Gasteiger charge is 2.26. The summed E-state index contributed by atoms with van der Waals surface area (Å²) in [5.41, 5.74) is 3.88. The molecule has 0 heterocycles. The molecule has 2 atom stereocenters. The number of hydrogen-bond acceptors (Lipinski definition) is 3. The molecule has 0 aliphatic heterocycles. The SMILES string of the molecule is O=C(N[C@@H](Cc1ccccc1-c1ccccc1)C(=O)O)C(CS)Cc1ccccc1. The minimum absolute atomic E-state index is 0.205. The van der Waals surface area contributed by atoms with Gasteiger partial charge in [-0.15, -0.1) is 0 Å². The van der Waals surface area contributed by atoms with Crippen LogP contribution in [-0.2, 0) is 22.4 Å². The van der Waals surface area contributed by atoms with Gasteiger partial charge in [0.15, 0.2) is 0 Å². The van der Waals surface area contributed by atoms with Gasteiger partial charge < -0.3 is 10.4 Å². The Morgan fingerprint density at radius 3 is 2.07 bits per heavy atom. The van der Waals surface area contributed by atoms with Crippen molar-refractivity contribution in [2.75, 3.05) is 5.75 Å². The topological polar surface area (TPSA) is 66.4 Å². The molecule has 0 aliphatic rings. The highest BCUT2D eigenvalue weighted by molar-refractivity contribution is 7.80. The van der Waals surface area contributed by atoms with Crippen LogP contribution in [0.2, 0.25) is 0 Å². The van der Waals surface area contributed by atoms with E-state index in [1.807, 2.05) is 84.9 Å². The number of benzene rings is 3. The van der Waals surface area contributed by atoms with Crippen molar-refractivity contribution in [1.82, 2.24) is 5.32 Å². The van der Waals surface area contributed by atoms with Gasteiger partial charge in [-0.2, -0.15) is 12.6 Å². The molecule has 0 spiro atoms. The number of hydrogen-bond donors (Lipinski definition) is 3. The predicted octanol–water partition coefficient (Wildman–Crippen LogP) is 4.25. The van der Waals surface area contributed by atoms with Crippen molar-refractivity contribution in [2.45, 2.75) is 18.9 Å². The fourth-order valence-corrected chi connectivity index (χ4v) is 3.74. The number of carbonyl (C=O) groups excluding carboxylic acids is 1. The van der Waals surface area contributed by atoms with Gasteiger partial charge in [0.1, 0.15) is 6.04 Å². The van der Waals surface area contributed by atoms with Gasteiger partial charge in [-0.25, -0.2) is 4.79 Å². The molecule has 4 nitrogen and oxygen atoms in total. The third-order valence-corrected chi connectivity index (χ3v) is 5.50. The van der Waals surface area contributed by atoms with Crippen LogP contribution in [0.5, 0.6) is 0 Å². The van der Waals surface area contributed by atoms with Crippen molar-refractivity contribution in [3.63, 3.8) is 0 Å². The zero-order valence-corrected chi connectivity index (χ0v) is 17.5. The lowest BCUT2D eigenvalue weighted by molar-refractivity contribution is -0.142. The molecule has 1 amide bonds. The first kappa shape index (κ1) is 21.7. The van der Waals surface area contributed by atoms with Crippen molar-refractivity contribution in [3.8, 4) is 11.1 Å². The van der Waals surface area contributed by atoms with Gasteiger partial charge in [-0.05, 0) is 28.7 Å². The number of rotatable bonds is 9. The molecule has 3 rings (SSSR count). The molecule has 2 N–H and O–H groups in total. The summed E-state index contributed by atoms with van der Waals surface area (Å²) in [6.07, 6.45) is 0.722. The lowest BCUT2D eigenvalue weighted by atomic mass is 9.94. The molecule has 0 bridgehead atoms. The van der Waals surface area contributed by atoms with E-state index in [9.17, 15) is 14.7 Å². The van der Waals surface area contributed by atoms with Gasteiger partial charge in [-0.3, -0.25) is 4.79 Å². The number of aliphatic carboxylic acids is 1. The molecule has 0 aliphatic carbocycles. The summed E-state index contributed by atoms with van der Waals surface area (Å²) < 4.78 is 0. The first-order chi connectivity index (χ1) is 14.6. The standard InChI is InChI=1S/C25H25NO3S/c27-24(21(17-30)15-18-9-3-1-4-10-18)26-23(25(28)29)16-20-13-7-8-14-22(20)19-11-5-2-6-12-19/h1-14,21,23,30H,15-17H2,(H,26,27)(H,28,29)/t21?,23-/m0/s1. The molecule has 154 valence electrons. The first-order valence-electron chi connectivity index (χ1n) is 9.89. The number of amides is 1. The first-order valence-corrected chi connectivity index (χ1v) is 10.5. The second-order valence-corrected chi connectivity index (χ2v) is 7.56. The fourth-order valence-electron chi connectivity index (χ4n) is 3.45. The molecule has 5 heteroatoms. The van der Waals surface area contributed by atoms with E-state index in [4.69, 9.17) is 0 Å². The molecular weight excluding hydrogens is 394 g/mol. The third kappa shape index (κ3) is 5.74. The highest BCUT2D eigenvalue weighted by Crippen LogP contribution is 2.24. The average Bonchev–Trinajstić information content (AvgIpc) is 2.78. The van der Waals surface area contributed by atoms with Crippen LogP contribution in [0.15, 0.2) is 84.9 Å². The Bertz CT molecular complexity index is 976. The molecule has 0 fully saturated rings. The Hall–Kier alpha value is -3.05. The molecule has 0 radical (unpaired) electrons. The Morgan fingerprint density at radius 1 is 0.833 bits per heavy atom. The summed E-state index contributed by atoms with van der Waals surface area (Å²) in [6.45, 7) is 0. The number of thiol groups is 1. The van der Waals surface area contributed by atoms with Crippen molar-refractivity contribution in [3.05, 3.63) is 96.1 Å². The van der Waals surface area contributed by atoms with Crippen molar-refractivity contribution < 1.29 is 14.7 Å². The van der Waals surface area contributed by atoms with Gasteiger partial charge in [-0.1, -0.05) is 84.9 Å². The molecule has 0 aromatic heterocycles. The summed E-state index contributed by atoms with van der Waals surface area (Å²) in [6, 6.07) is 26.2. The molecule has 1 unspecified atom stereocenters. The van der Waals surface area contributed by atoms with Crippen LogP contribution in [0.1, 0.15) is 11.1 Å². The van der Waals surface area contributed by atoms with Crippen molar-refractivity contribution in [2.24, 2.45) is 5.92 Å². The van der Waals surface area contributed by atoms with Gasteiger partial charge in [0.2, 0.25) is 5.91 Å². The Balaban J connectivity index is 1.75. The summed E-state index contributed by atoms with van der Waals surface area (Å²) in [7, 11) is 0. The van der Waals surface area contributed by atoms with Crippen LogP contribution in [0.25, 0.3) is 11.1 Å². The molecule has 0 saturated heterocycles. The largest absolute Gasteiger partial charge is 0.480 e. The Kier molecular flexibility index (Phi) is 7.69. The lowest BCUT2D eigenvalue weighted by Gasteiger charge is -2.20. The molecule has 3 aromatic rings. The fraction of sp³-hybridized carbons (Fsp3) is 0.200. The second-order valence-electron chi connectivity index (χ2n) is 7.20. The van der Waals surface area contributed by atoms with E-state index in [0.717, 1.165) is 22.3 Å². The minimum Gasteiger partial charge on any atom is -0.480 e. The second kappa shape index (κ2) is 10.6. The van der Waals surface area contributed by atoms with E-state index in [0.29, 0.717) is 12.2 Å². The van der Waals surface area contributed by atoms with Crippen LogP contribution in [0.3, 0.4) is 0 Å². The lowest BCUT2D eigenvalue weighted by Crippen LogP contribution is -2.45. The van der Waals surface area contributed by atoms with E-state index >= 15 is 0 Å². The third-order valence-electron chi connectivity index (χ3n) is 5.06. The Morgan fingerprint density at radius 2 is 1.43 bits per heavy atom. The number of nitrogens with one attached hydrogen (secondary N) is 1. The quantitative estimate of drug-likeness (QED) is 0.454. The molecule has 3 aromatic carbocycles. The van der Waals surface area contributed by atoms with E-state index < -0.39 is 17.9 Å². The maximum absolute atomic E-state index is 12.8. The van der Waals surface area contributed by atoms with Gasteiger partial charge in [0, 0.05) is 12.2 Å². The highest BCUT2D eigenvalue weighted by atomic mass is 32.1. The van der Waals surface area contributed by atoms with Gasteiger partial charge in [0.05, 0.1) is 5.92 Å². The van der Waals surface area contributed by atoms with Crippen molar-refractivity contribution in [1.29, 1.82) is 0 Å². The number of carboxylic acid groups (broad SMARTS) is 1. The number of carbonyl (C=O) groups is 2.